The van der Waals surface area contributed by atoms with E-state index < -0.39 is 0 Å². The molecule has 0 aliphatic carbocycles. The summed E-state index contributed by atoms with van der Waals surface area (Å²) < 4.78 is 0. The molecule has 1 unspecified atom stereocenters. The SMILES string of the molecule is CCC(CC)(CO)CNC1CCN(Cc2ccccc2)C1. The summed E-state index contributed by atoms with van der Waals surface area (Å²) in [5.74, 6) is 0. The molecular formula is C18H30N2O. The van der Waals surface area contributed by atoms with Crippen LogP contribution in [0.5, 0.6) is 0 Å². The van der Waals surface area contributed by atoms with E-state index in [0.29, 0.717) is 6.04 Å². The first-order valence-electron chi connectivity index (χ1n) is 8.32. The van der Waals surface area contributed by atoms with E-state index in [9.17, 15) is 5.11 Å². The van der Waals surface area contributed by atoms with Gasteiger partial charge in [0.2, 0.25) is 0 Å². The van der Waals surface area contributed by atoms with Gasteiger partial charge in [-0.3, -0.25) is 4.90 Å². The van der Waals surface area contributed by atoms with Gasteiger partial charge in [-0.25, -0.2) is 0 Å². The average molecular weight is 290 g/mol. The van der Waals surface area contributed by atoms with Crippen LogP contribution >= 0.6 is 0 Å². The van der Waals surface area contributed by atoms with Gasteiger partial charge in [0.25, 0.3) is 0 Å². The van der Waals surface area contributed by atoms with Crippen molar-refractivity contribution in [3.8, 4) is 0 Å². The topological polar surface area (TPSA) is 35.5 Å². The second kappa shape index (κ2) is 7.92. The highest BCUT2D eigenvalue weighted by molar-refractivity contribution is 5.14. The Hall–Kier alpha value is -0.900. The predicted molar refractivity (Wildman–Crippen MR) is 88.2 cm³/mol. The molecule has 1 aliphatic rings. The first-order valence-corrected chi connectivity index (χ1v) is 8.32. The molecule has 1 saturated heterocycles. The normalized spacial score (nSPS) is 20.0. The monoisotopic (exact) mass is 290 g/mol. The fourth-order valence-electron chi connectivity index (χ4n) is 3.12. The van der Waals surface area contributed by atoms with Crippen LogP contribution in [0.25, 0.3) is 0 Å². The zero-order valence-electron chi connectivity index (χ0n) is 13.5. The van der Waals surface area contributed by atoms with E-state index in [1.165, 1.54) is 12.0 Å². The highest BCUT2D eigenvalue weighted by Gasteiger charge is 2.28. The quantitative estimate of drug-likeness (QED) is 0.772. The van der Waals surface area contributed by atoms with Crippen molar-refractivity contribution in [3.05, 3.63) is 35.9 Å². The molecule has 1 atom stereocenters. The third-order valence-electron chi connectivity index (χ3n) is 5.12. The Balaban J connectivity index is 1.77. The molecule has 3 heteroatoms. The number of benzene rings is 1. The van der Waals surface area contributed by atoms with Gasteiger partial charge in [0.05, 0.1) is 0 Å². The molecule has 0 radical (unpaired) electrons. The summed E-state index contributed by atoms with van der Waals surface area (Å²) in [6.45, 7) is 8.90. The van der Waals surface area contributed by atoms with E-state index in [1.54, 1.807) is 0 Å². The van der Waals surface area contributed by atoms with Gasteiger partial charge in [0.15, 0.2) is 0 Å². The van der Waals surface area contributed by atoms with Gasteiger partial charge in [0, 0.05) is 44.2 Å². The van der Waals surface area contributed by atoms with E-state index in [2.05, 4.69) is 54.4 Å². The minimum atomic E-state index is 0.0624. The Labute approximate surface area is 129 Å². The van der Waals surface area contributed by atoms with E-state index in [4.69, 9.17) is 0 Å². The van der Waals surface area contributed by atoms with E-state index in [0.717, 1.165) is 39.0 Å². The Morgan fingerprint density at radius 2 is 1.95 bits per heavy atom. The molecule has 0 amide bonds. The molecule has 3 nitrogen and oxygen atoms in total. The highest BCUT2D eigenvalue weighted by atomic mass is 16.3. The third kappa shape index (κ3) is 4.53. The zero-order chi connectivity index (χ0) is 15.1. The molecule has 2 N–H and O–H groups in total. The van der Waals surface area contributed by atoms with Gasteiger partial charge in [0.1, 0.15) is 0 Å². The number of nitrogens with one attached hydrogen (secondary N) is 1. The maximum absolute atomic E-state index is 9.65. The summed E-state index contributed by atoms with van der Waals surface area (Å²) in [4.78, 5) is 2.52. The number of hydrogen-bond acceptors (Lipinski definition) is 3. The molecule has 1 aromatic rings. The van der Waals surface area contributed by atoms with Crippen molar-refractivity contribution >= 4 is 0 Å². The lowest BCUT2D eigenvalue weighted by atomic mass is 9.83. The Bertz CT molecular complexity index is 395. The van der Waals surface area contributed by atoms with Crippen LogP contribution in [0.3, 0.4) is 0 Å². The van der Waals surface area contributed by atoms with Crippen molar-refractivity contribution in [1.29, 1.82) is 0 Å². The average Bonchev–Trinajstić information content (AvgIpc) is 2.98. The summed E-state index contributed by atoms with van der Waals surface area (Å²) in [6.07, 6.45) is 3.28. The molecule has 1 heterocycles. The Kier molecular flexibility index (Phi) is 6.22. The lowest BCUT2D eigenvalue weighted by molar-refractivity contribution is 0.110. The van der Waals surface area contributed by atoms with Crippen LogP contribution < -0.4 is 5.32 Å². The molecule has 1 fully saturated rings. The Morgan fingerprint density at radius 3 is 2.57 bits per heavy atom. The fourth-order valence-corrected chi connectivity index (χ4v) is 3.12. The lowest BCUT2D eigenvalue weighted by Gasteiger charge is -2.31. The van der Waals surface area contributed by atoms with Crippen molar-refractivity contribution in [2.75, 3.05) is 26.2 Å². The maximum atomic E-state index is 9.65. The molecule has 0 bridgehead atoms. The van der Waals surface area contributed by atoms with Crippen LogP contribution in [-0.4, -0.2) is 42.3 Å². The summed E-state index contributed by atoms with van der Waals surface area (Å²) in [5.41, 5.74) is 1.46. The maximum Gasteiger partial charge on any atom is 0.0499 e. The smallest absolute Gasteiger partial charge is 0.0499 e. The predicted octanol–water partition coefficient (Wildman–Crippen LogP) is 2.65. The third-order valence-corrected chi connectivity index (χ3v) is 5.12. The largest absolute Gasteiger partial charge is 0.396 e. The second-order valence-corrected chi connectivity index (χ2v) is 6.45. The van der Waals surface area contributed by atoms with Gasteiger partial charge in [-0.2, -0.15) is 0 Å². The molecular weight excluding hydrogens is 260 g/mol. The van der Waals surface area contributed by atoms with Crippen LogP contribution in [0.1, 0.15) is 38.7 Å². The van der Waals surface area contributed by atoms with Crippen molar-refractivity contribution < 1.29 is 5.11 Å². The summed E-state index contributed by atoms with van der Waals surface area (Å²) >= 11 is 0. The van der Waals surface area contributed by atoms with Gasteiger partial charge in [-0.05, 0) is 24.8 Å². The van der Waals surface area contributed by atoms with Crippen molar-refractivity contribution in [3.63, 3.8) is 0 Å². The molecule has 0 aromatic heterocycles. The van der Waals surface area contributed by atoms with Gasteiger partial charge < -0.3 is 10.4 Å². The van der Waals surface area contributed by atoms with Gasteiger partial charge in [-0.15, -0.1) is 0 Å². The second-order valence-electron chi connectivity index (χ2n) is 6.45. The number of aliphatic hydroxyl groups is 1. The number of likely N-dealkylation sites (tertiary alicyclic amines) is 1. The molecule has 0 saturated carbocycles. The van der Waals surface area contributed by atoms with Crippen molar-refractivity contribution in [2.45, 2.75) is 45.7 Å². The summed E-state index contributed by atoms with van der Waals surface area (Å²) in [5, 5.41) is 13.3. The number of rotatable bonds is 8. The van der Waals surface area contributed by atoms with E-state index in [1.807, 2.05) is 0 Å². The molecule has 21 heavy (non-hydrogen) atoms. The molecule has 0 spiro atoms. The Morgan fingerprint density at radius 1 is 1.24 bits per heavy atom. The zero-order valence-corrected chi connectivity index (χ0v) is 13.5. The van der Waals surface area contributed by atoms with Gasteiger partial charge >= 0.3 is 0 Å². The van der Waals surface area contributed by atoms with E-state index >= 15 is 0 Å². The first-order chi connectivity index (χ1) is 10.2. The molecule has 2 rings (SSSR count). The van der Waals surface area contributed by atoms with Crippen molar-refractivity contribution in [2.24, 2.45) is 5.41 Å². The molecule has 1 aromatic carbocycles. The summed E-state index contributed by atoms with van der Waals surface area (Å²) in [6, 6.07) is 11.3. The van der Waals surface area contributed by atoms with Gasteiger partial charge in [-0.1, -0.05) is 44.2 Å². The standard InChI is InChI=1S/C18H30N2O/c1-3-18(4-2,15-21)14-19-17-10-11-20(13-17)12-16-8-6-5-7-9-16/h5-9,17,19,21H,3-4,10-15H2,1-2H3. The molecule has 118 valence electrons. The first kappa shape index (κ1) is 16.5. The van der Waals surface area contributed by atoms with E-state index in [-0.39, 0.29) is 12.0 Å². The fraction of sp³-hybridized carbons (Fsp3) is 0.667. The van der Waals surface area contributed by atoms with Crippen LogP contribution in [0.15, 0.2) is 30.3 Å². The van der Waals surface area contributed by atoms with Crippen LogP contribution in [0.4, 0.5) is 0 Å². The highest BCUT2D eigenvalue weighted by Crippen LogP contribution is 2.25. The van der Waals surface area contributed by atoms with Crippen LogP contribution in [0, 0.1) is 5.41 Å². The minimum Gasteiger partial charge on any atom is -0.396 e. The number of nitrogens with zero attached hydrogens (tertiary/aromatic N) is 1. The lowest BCUT2D eigenvalue weighted by Crippen LogP contribution is -2.42. The number of hydrogen-bond donors (Lipinski definition) is 2. The van der Waals surface area contributed by atoms with Crippen molar-refractivity contribution in [1.82, 2.24) is 10.2 Å². The van der Waals surface area contributed by atoms with Crippen LogP contribution in [-0.2, 0) is 6.54 Å². The minimum absolute atomic E-state index is 0.0624. The molecule has 1 aliphatic heterocycles. The van der Waals surface area contributed by atoms with Crippen LogP contribution in [0.2, 0.25) is 0 Å². The number of aliphatic hydroxyl groups excluding tert-OH is 1. The summed E-state index contributed by atoms with van der Waals surface area (Å²) in [7, 11) is 0.